The van der Waals surface area contributed by atoms with Crippen molar-refractivity contribution >= 4 is 51.1 Å². The Morgan fingerprint density at radius 2 is 1.15 bits per heavy atom. The average Bonchev–Trinajstić information content (AvgIpc) is 4.01. The SMILES string of the molecule is CN(CCCN(CCN1C(=O)c2cccc3c(-n4ccnc4)ccc(c23)C1=O)C(=O)COCCOCCN)CCN1C(=O)c2cccc3c(-n4ccnc4)ccc(c23)C1=O. The lowest BCUT2D eigenvalue weighted by Gasteiger charge is -2.31. The lowest BCUT2D eigenvalue weighted by atomic mass is 9.93. The lowest BCUT2D eigenvalue weighted by molar-refractivity contribution is -0.137. The molecular formula is C44H45N9O7. The van der Waals surface area contributed by atoms with E-state index in [4.69, 9.17) is 15.2 Å². The first-order chi connectivity index (χ1) is 29.3. The molecule has 5 amide bonds. The van der Waals surface area contributed by atoms with Gasteiger partial charge in [0.2, 0.25) is 5.91 Å². The van der Waals surface area contributed by atoms with Crippen molar-refractivity contribution in [3.8, 4) is 11.4 Å². The normalized spacial score (nSPS) is 13.7. The van der Waals surface area contributed by atoms with Crippen LogP contribution in [-0.4, -0.2) is 148 Å². The molecule has 0 saturated carbocycles. The first-order valence-corrected chi connectivity index (χ1v) is 19.9. The van der Waals surface area contributed by atoms with Crippen LogP contribution >= 0.6 is 0 Å². The summed E-state index contributed by atoms with van der Waals surface area (Å²) in [6, 6.07) is 18.1. The number of aromatic nitrogens is 4. The van der Waals surface area contributed by atoms with Crippen molar-refractivity contribution in [3.05, 3.63) is 120 Å². The van der Waals surface area contributed by atoms with Gasteiger partial charge in [0, 0.05) is 108 Å². The van der Waals surface area contributed by atoms with Crippen molar-refractivity contribution in [2.75, 3.05) is 79.3 Å². The molecule has 2 aliphatic heterocycles. The van der Waals surface area contributed by atoms with Gasteiger partial charge in [-0.25, -0.2) is 9.97 Å². The van der Waals surface area contributed by atoms with Crippen LogP contribution in [0, 0.1) is 0 Å². The van der Waals surface area contributed by atoms with Gasteiger partial charge in [0.1, 0.15) is 6.61 Å². The van der Waals surface area contributed by atoms with Crippen LogP contribution in [0.25, 0.3) is 32.9 Å². The molecule has 60 heavy (non-hydrogen) atoms. The highest BCUT2D eigenvalue weighted by molar-refractivity contribution is 6.27. The average molecular weight is 812 g/mol. The minimum Gasteiger partial charge on any atom is -0.378 e. The number of rotatable bonds is 19. The van der Waals surface area contributed by atoms with E-state index in [1.165, 1.54) is 9.80 Å². The Morgan fingerprint density at radius 1 is 0.633 bits per heavy atom. The van der Waals surface area contributed by atoms with Gasteiger partial charge < -0.3 is 34.1 Å². The minimum absolute atomic E-state index is 0.0187. The molecule has 2 N–H and O–H groups in total. The zero-order valence-corrected chi connectivity index (χ0v) is 33.2. The van der Waals surface area contributed by atoms with Gasteiger partial charge in [-0.3, -0.25) is 33.8 Å². The Bertz CT molecular complexity index is 2530. The highest BCUT2D eigenvalue weighted by Crippen LogP contribution is 2.35. The maximum Gasteiger partial charge on any atom is 0.261 e. The summed E-state index contributed by atoms with van der Waals surface area (Å²) < 4.78 is 14.7. The zero-order valence-electron chi connectivity index (χ0n) is 33.2. The molecule has 8 rings (SSSR count). The summed E-state index contributed by atoms with van der Waals surface area (Å²) in [6.07, 6.45) is 10.8. The van der Waals surface area contributed by atoms with Gasteiger partial charge in [0.15, 0.2) is 0 Å². The van der Waals surface area contributed by atoms with Gasteiger partial charge in [-0.05, 0) is 56.4 Å². The van der Waals surface area contributed by atoms with Crippen molar-refractivity contribution < 1.29 is 33.4 Å². The van der Waals surface area contributed by atoms with Crippen LogP contribution in [0.1, 0.15) is 47.9 Å². The number of nitrogens with two attached hydrogens (primary N) is 1. The van der Waals surface area contributed by atoms with E-state index in [0.29, 0.717) is 72.2 Å². The van der Waals surface area contributed by atoms with Crippen molar-refractivity contribution in [3.63, 3.8) is 0 Å². The number of hydrogen-bond acceptors (Lipinski definition) is 11. The predicted molar refractivity (Wildman–Crippen MR) is 222 cm³/mol. The summed E-state index contributed by atoms with van der Waals surface area (Å²) in [5, 5.41) is 2.77. The smallest absolute Gasteiger partial charge is 0.261 e. The second-order valence-electron chi connectivity index (χ2n) is 14.7. The molecule has 308 valence electrons. The third-order valence-corrected chi connectivity index (χ3v) is 11.0. The molecule has 0 unspecified atom stereocenters. The van der Waals surface area contributed by atoms with Crippen molar-refractivity contribution in [2.24, 2.45) is 5.73 Å². The van der Waals surface area contributed by atoms with Crippen LogP contribution in [0.4, 0.5) is 0 Å². The predicted octanol–water partition coefficient (Wildman–Crippen LogP) is 3.40. The largest absolute Gasteiger partial charge is 0.378 e. The Morgan fingerprint density at radius 3 is 1.67 bits per heavy atom. The van der Waals surface area contributed by atoms with Crippen molar-refractivity contribution in [2.45, 2.75) is 6.42 Å². The summed E-state index contributed by atoms with van der Waals surface area (Å²) in [6.45, 7) is 2.53. The van der Waals surface area contributed by atoms with Gasteiger partial charge >= 0.3 is 0 Å². The Hall–Kier alpha value is -6.59. The van der Waals surface area contributed by atoms with E-state index in [1.807, 2.05) is 57.6 Å². The Labute approximate surface area is 345 Å². The molecule has 0 radical (unpaired) electrons. The molecule has 16 nitrogen and oxygen atoms in total. The molecule has 0 aliphatic carbocycles. The van der Waals surface area contributed by atoms with Gasteiger partial charge in [-0.2, -0.15) is 0 Å². The number of benzene rings is 4. The van der Waals surface area contributed by atoms with E-state index in [9.17, 15) is 24.0 Å². The van der Waals surface area contributed by atoms with Gasteiger partial charge in [0.05, 0.1) is 43.9 Å². The van der Waals surface area contributed by atoms with Gasteiger partial charge in [-0.1, -0.05) is 24.3 Å². The molecule has 16 heteroatoms. The fourth-order valence-electron chi connectivity index (χ4n) is 7.97. The van der Waals surface area contributed by atoms with Crippen LogP contribution in [0.3, 0.4) is 0 Å². The highest BCUT2D eigenvalue weighted by atomic mass is 16.5. The van der Waals surface area contributed by atoms with Crippen LogP contribution in [0.2, 0.25) is 0 Å². The molecule has 0 saturated heterocycles. The maximum atomic E-state index is 13.9. The van der Waals surface area contributed by atoms with Gasteiger partial charge in [-0.15, -0.1) is 0 Å². The van der Waals surface area contributed by atoms with E-state index in [1.54, 1.807) is 66.5 Å². The van der Waals surface area contributed by atoms with Crippen LogP contribution in [0.5, 0.6) is 0 Å². The molecule has 4 aromatic carbocycles. The second-order valence-corrected chi connectivity index (χ2v) is 14.7. The fraction of sp³-hybridized carbons (Fsp3) is 0.295. The highest BCUT2D eigenvalue weighted by Gasteiger charge is 2.35. The summed E-state index contributed by atoms with van der Waals surface area (Å²) in [5.74, 6) is -1.85. The number of ether oxygens (including phenoxy) is 2. The quantitative estimate of drug-likeness (QED) is 0.0937. The molecule has 0 bridgehead atoms. The molecule has 0 fully saturated rings. The topological polar surface area (TPSA) is 178 Å². The van der Waals surface area contributed by atoms with Crippen molar-refractivity contribution in [1.29, 1.82) is 0 Å². The fourth-order valence-corrected chi connectivity index (χ4v) is 7.97. The van der Waals surface area contributed by atoms with E-state index in [-0.39, 0.29) is 57.2 Å². The standard InChI is InChI=1S/C44H45N9O7/c1-48(20-22-52-41(55)32-7-2-5-30-36(50-18-14-46-28-50)11-9-34(39(30)32)43(52)57)16-4-17-49(38(54)27-60-26-25-59-24-13-45)21-23-53-42(56)33-8-3-6-31-37(51-19-15-47-29-51)12-10-35(40(31)33)44(53)58/h2-3,5-12,14-15,18-19,28-29H,4,13,16-17,20-27,45H2,1H3. The number of nitrogens with zero attached hydrogens (tertiary/aromatic N) is 8. The molecule has 2 aliphatic rings. The number of amides is 5. The van der Waals surface area contributed by atoms with Crippen molar-refractivity contribution in [1.82, 2.24) is 38.7 Å². The van der Waals surface area contributed by atoms with Gasteiger partial charge in [0.25, 0.3) is 23.6 Å². The number of likely N-dealkylation sites (N-methyl/N-ethyl adjacent to an activating group) is 1. The molecular weight excluding hydrogens is 767 g/mol. The minimum atomic E-state index is -0.430. The Kier molecular flexibility index (Phi) is 11.9. The number of imide groups is 2. The summed E-state index contributed by atoms with van der Waals surface area (Å²) >= 11 is 0. The lowest BCUT2D eigenvalue weighted by Crippen LogP contribution is -2.47. The third-order valence-electron chi connectivity index (χ3n) is 11.0. The first-order valence-electron chi connectivity index (χ1n) is 19.9. The zero-order chi connectivity index (χ0) is 41.8. The van der Waals surface area contributed by atoms with E-state index in [2.05, 4.69) is 9.97 Å². The summed E-state index contributed by atoms with van der Waals surface area (Å²) in [4.78, 5) is 83.2. The van der Waals surface area contributed by atoms with E-state index >= 15 is 0 Å². The van der Waals surface area contributed by atoms with E-state index < -0.39 is 11.8 Å². The summed E-state index contributed by atoms with van der Waals surface area (Å²) in [7, 11) is 1.89. The second kappa shape index (κ2) is 17.7. The van der Waals surface area contributed by atoms with Crippen LogP contribution < -0.4 is 5.73 Å². The number of carbonyl (C=O) groups is 5. The third kappa shape index (κ3) is 7.80. The maximum absolute atomic E-state index is 13.9. The first kappa shape index (κ1) is 40.2. The summed E-state index contributed by atoms with van der Waals surface area (Å²) in [5.41, 5.74) is 8.88. The number of carbonyl (C=O) groups excluding carboxylic acids is 5. The molecule has 2 aromatic heterocycles. The monoisotopic (exact) mass is 811 g/mol. The van der Waals surface area contributed by atoms with Crippen LogP contribution in [0.15, 0.2) is 98.1 Å². The molecule has 6 aromatic rings. The molecule has 4 heterocycles. The molecule has 0 spiro atoms. The Balaban J connectivity index is 0.908. The number of hydrogen-bond donors (Lipinski definition) is 1. The molecule has 0 atom stereocenters. The number of imidazole rings is 2. The van der Waals surface area contributed by atoms with Crippen LogP contribution in [-0.2, 0) is 14.3 Å². The van der Waals surface area contributed by atoms with E-state index in [0.717, 1.165) is 22.1 Å².